The van der Waals surface area contributed by atoms with Crippen LogP contribution in [0, 0.1) is 23.7 Å². The zero-order valence-electron chi connectivity index (χ0n) is 13.2. The van der Waals surface area contributed by atoms with Crippen molar-refractivity contribution in [1.29, 1.82) is 0 Å². The molecule has 0 aliphatic heterocycles. The maximum atomic E-state index is 12.6. The van der Waals surface area contributed by atoms with Crippen molar-refractivity contribution in [1.82, 2.24) is 5.32 Å². The smallest absolute Gasteiger partial charge is 0.223 e. The Morgan fingerprint density at radius 2 is 1.62 bits per heavy atom. The van der Waals surface area contributed by atoms with Crippen LogP contribution in [0.4, 0.5) is 0 Å². The first kappa shape index (κ1) is 15.3. The molecule has 3 aliphatic carbocycles. The van der Waals surface area contributed by atoms with Crippen LogP contribution in [-0.4, -0.2) is 23.7 Å². The minimum atomic E-state index is 0.223. The van der Waals surface area contributed by atoms with Gasteiger partial charge in [-0.1, -0.05) is 38.5 Å². The summed E-state index contributed by atoms with van der Waals surface area (Å²) in [7, 11) is 0. The molecule has 0 aromatic carbocycles. The number of rotatable bonds is 3. The Kier molecular flexibility index (Phi) is 5.20. The minimum absolute atomic E-state index is 0.223. The number of hydrogen-bond donors (Lipinski definition) is 2. The van der Waals surface area contributed by atoms with Crippen molar-refractivity contribution in [3.8, 4) is 0 Å². The summed E-state index contributed by atoms with van der Waals surface area (Å²) < 4.78 is 0. The van der Waals surface area contributed by atoms with E-state index in [0.717, 1.165) is 37.5 Å². The first-order valence-corrected chi connectivity index (χ1v) is 9.19. The SMILES string of the molecule is O=C(NC1CCCCC1CO)C1CCC2CCCCC2C1. The Bertz CT molecular complexity index is 357. The van der Waals surface area contributed by atoms with Crippen molar-refractivity contribution in [3.63, 3.8) is 0 Å². The highest BCUT2D eigenvalue weighted by atomic mass is 16.3. The zero-order chi connectivity index (χ0) is 14.7. The molecule has 0 saturated heterocycles. The minimum Gasteiger partial charge on any atom is -0.396 e. The lowest BCUT2D eigenvalue weighted by atomic mass is 9.67. The maximum absolute atomic E-state index is 12.6. The molecule has 0 bridgehead atoms. The Balaban J connectivity index is 1.53. The number of fused-ring (bicyclic) bond motifs is 1. The topological polar surface area (TPSA) is 49.3 Å². The van der Waals surface area contributed by atoms with E-state index < -0.39 is 0 Å². The van der Waals surface area contributed by atoms with Gasteiger partial charge in [-0.05, 0) is 43.9 Å². The number of aliphatic hydroxyl groups is 1. The normalized spacial score (nSPS) is 40.3. The van der Waals surface area contributed by atoms with Crippen molar-refractivity contribution < 1.29 is 9.90 Å². The third kappa shape index (κ3) is 3.61. The van der Waals surface area contributed by atoms with Gasteiger partial charge in [0, 0.05) is 24.5 Å². The van der Waals surface area contributed by atoms with Gasteiger partial charge in [0.05, 0.1) is 0 Å². The molecule has 0 heterocycles. The Hall–Kier alpha value is -0.570. The number of amides is 1. The third-order valence-corrected chi connectivity index (χ3v) is 6.38. The Labute approximate surface area is 128 Å². The third-order valence-electron chi connectivity index (χ3n) is 6.38. The monoisotopic (exact) mass is 293 g/mol. The lowest BCUT2D eigenvalue weighted by molar-refractivity contribution is -0.128. The van der Waals surface area contributed by atoms with Gasteiger partial charge < -0.3 is 10.4 Å². The molecule has 3 fully saturated rings. The molecule has 3 aliphatic rings. The highest BCUT2D eigenvalue weighted by Crippen LogP contribution is 2.42. The molecule has 3 saturated carbocycles. The molecule has 120 valence electrons. The van der Waals surface area contributed by atoms with Crippen molar-refractivity contribution in [3.05, 3.63) is 0 Å². The average Bonchev–Trinajstić information content (AvgIpc) is 2.55. The lowest BCUT2D eigenvalue weighted by Gasteiger charge is -2.39. The number of carbonyl (C=O) groups excluding carboxylic acids is 1. The number of nitrogens with one attached hydrogen (secondary N) is 1. The second-order valence-electron chi connectivity index (χ2n) is 7.66. The van der Waals surface area contributed by atoms with E-state index in [1.807, 2.05) is 0 Å². The lowest BCUT2D eigenvalue weighted by Crippen LogP contribution is -2.47. The van der Waals surface area contributed by atoms with Crippen molar-refractivity contribution in [2.24, 2.45) is 23.7 Å². The molecule has 2 N–H and O–H groups in total. The van der Waals surface area contributed by atoms with Crippen LogP contribution in [-0.2, 0) is 4.79 Å². The van der Waals surface area contributed by atoms with Crippen LogP contribution in [0.25, 0.3) is 0 Å². The predicted octanol–water partition coefficient (Wildman–Crippen LogP) is 3.26. The molecular formula is C18H31NO2. The van der Waals surface area contributed by atoms with Crippen LogP contribution in [0.3, 0.4) is 0 Å². The first-order valence-electron chi connectivity index (χ1n) is 9.19. The van der Waals surface area contributed by atoms with Crippen LogP contribution >= 0.6 is 0 Å². The molecule has 0 radical (unpaired) electrons. The largest absolute Gasteiger partial charge is 0.396 e. The van der Waals surface area contributed by atoms with Gasteiger partial charge in [-0.25, -0.2) is 0 Å². The van der Waals surface area contributed by atoms with E-state index in [4.69, 9.17) is 0 Å². The van der Waals surface area contributed by atoms with E-state index in [9.17, 15) is 9.90 Å². The molecule has 1 amide bonds. The molecule has 0 aromatic rings. The molecule has 0 aromatic heterocycles. The quantitative estimate of drug-likeness (QED) is 0.839. The van der Waals surface area contributed by atoms with Crippen LogP contribution in [0.2, 0.25) is 0 Å². The summed E-state index contributed by atoms with van der Waals surface area (Å²) in [6.45, 7) is 0.223. The van der Waals surface area contributed by atoms with E-state index in [1.165, 1.54) is 44.9 Å². The second kappa shape index (κ2) is 7.13. The van der Waals surface area contributed by atoms with Gasteiger partial charge in [-0.3, -0.25) is 4.79 Å². The molecule has 5 atom stereocenters. The molecule has 3 rings (SSSR count). The molecule has 3 nitrogen and oxygen atoms in total. The van der Waals surface area contributed by atoms with E-state index >= 15 is 0 Å². The molecule has 3 heteroatoms. The summed E-state index contributed by atoms with van der Waals surface area (Å²) in [4.78, 5) is 12.6. The maximum Gasteiger partial charge on any atom is 0.223 e. The second-order valence-corrected chi connectivity index (χ2v) is 7.66. The zero-order valence-corrected chi connectivity index (χ0v) is 13.2. The summed E-state index contributed by atoms with van der Waals surface area (Å²) in [5, 5.41) is 12.8. The molecule has 5 unspecified atom stereocenters. The van der Waals surface area contributed by atoms with Crippen LogP contribution in [0.15, 0.2) is 0 Å². The highest BCUT2D eigenvalue weighted by molar-refractivity contribution is 5.79. The van der Waals surface area contributed by atoms with Crippen molar-refractivity contribution in [2.45, 2.75) is 76.7 Å². The van der Waals surface area contributed by atoms with E-state index in [0.29, 0.717) is 0 Å². The van der Waals surface area contributed by atoms with E-state index in [2.05, 4.69) is 5.32 Å². The fourth-order valence-electron chi connectivity index (χ4n) is 5.03. The fourth-order valence-corrected chi connectivity index (χ4v) is 5.03. The first-order chi connectivity index (χ1) is 10.3. The summed E-state index contributed by atoms with van der Waals surface area (Å²) in [6, 6.07) is 0.223. The van der Waals surface area contributed by atoms with Gasteiger partial charge in [-0.2, -0.15) is 0 Å². The van der Waals surface area contributed by atoms with E-state index in [-0.39, 0.29) is 30.4 Å². The number of carbonyl (C=O) groups is 1. The van der Waals surface area contributed by atoms with Crippen LogP contribution in [0.5, 0.6) is 0 Å². The van der Waals surface area contributed by atoms with E-state index in [1.54, 1.807) is 0 Å². The van der Waals surface area contributed by atoms with Gasteiger partial charge in [0.2, 0.25) is 5.91 Å². The van der Waals surface area contributed by atoms with Crippen LogP contribution < -0.4 is 5.32 Å². The Morgan fingerprint density at radius 1 is 0.905 bits per heavy atom. The Morgan fingerprint density at radius 3 is 2.43 bits per heavy atom. The van der Waals surface area contributed by atoms with Gasteiger partial charge in [0.1, 0.15) is 0 Å². The van der Waals surface area contributed by atoms with Crippen LogP contribution in [0.1, 0.15) is 70.6 Å². The van der Waals surface area contributed by atoms with Gasteiger partial charge >= 0.3 is 0 Å². The summed E-state index contributed by atoms with van der Waals surface area (Å²) in [6.07, 6.45) is 13.5. The summed E-state index contributed by atoms with van der Waals surface area (Å²) in [5.41, 5.74) is 0. The summed E-state index contributed by atoms with van der Waals surface area (Å²) >= 11 is 0. The summed E-state index contributed by atoms with van der Waals surface area (Å²) in [5.74, 6) is 2.52. The van der Waals surface area contributed by atoms with Crippen molar-refractivity contribution in [2.75, 3.05) is 6.61 Å². The highest BCUT2D eigenvalue weighted by Gasteiger charge is 2.36. The van der Waals surface area contributed by atoms with Gasteiger partial charge in [0.15, 0.2) is 0 Å². The fraction of sp³-hybridized carbons (Fsp3) is 0.944. The number of hydrogen-bond acceptors (Lipinski definition) is 2. The predicted molar refractivity (Wildman–Crippen MR) is 83.8 cm³/mol. The standard InChI is InChI=1S/C18H31NO2/c20-12-16-7-3-4-8-17(16)19-18(21)15-10-9-13-5-1-2-6-14(13)11-15/h13-17,20H,1-12H2,(H,19,21). The number of aliphatic hydroxyl groups excluding tert-OH is 1. The van der Waals surface area contributed by atoms with Crippen molar-refractivity contribution >= 4 is 5.91 Å². The average molecular weight is 293 g/mol. The molecular weight excluding hydrogens is 262 g/mol. The molecule has 0 spiro atoms. The van der Waals surface area contributed by atoms with Gasteiger partial charge in [-0.15, -0.1) is 0 Å². The molecule has 21 heavy (non-hydrogen) atoms. The van der Waals surface area contributed by atoms with Gasteiger partial charge in [0.25, 0.3) is 0 Å².